The van der Waals surface area contributed by atoms with Gasteiger partial charge >= 0.3 is 5.97 Å². The Balaban J connectivity index is 1.78. The first-order valence-corrected chi connectivity index (χ1v) is 10.2. The molecule has 1 aliphatic heterocycles. The van der Waals surface area contributed by atoms with Crippen molar-refractivity contribution in [2.45, 2.75) is 4.90 Å². The number of benzene rings is 1. The third-order valence-electron chi connectivity index (χ3n) is 3.25. The molecule has 1 fully saturated rings. The molecule has 0 radical (unpaired) electrons. The van der Waals surface area contributed by atoms with Crippen LogP contribution in [0.25, 0.3) is 0 Å². The average molecular weight is 401 g/mol. The van der Waals surface area contributed by atoms with Crippen LogP contribution in [0.2, 0.25) is 0 Å². The number of carbonyl (C=O) groups excluding carboxylic acids is 3. The van der Waals surface area contributed by atoms with Crippen LogP contribution in [0.4, 0.5) is 0 Å². The van der Waals surface area contributed by atoms with Gasteiger partial charge in [-0.3, -0.25) is 18.7 Å². The zero-order chi connectivity index (χ0) is 18.4. The maximum Gasteiger partial charge on any atom is 0.339 e. The molecule has 0 saturated carbocycles. The SMILES string of the molecule is C[S@](=O)c1ccccc1C(=O)OCC(=O)NCCN1C(=O)CSC1=S. The zero-order valence-corrected chi connectivity index (χ0v) is 15.8. The summed E-state index contributed by atoms with van der Waals surface area (Å²) in [5.41, 5.74) is 0.168. The highest BCUT2D eigenvalue weighted by atomic mass is 32.2. The molecule has 0 unspecified atom stereocenters. The van der Waals surface area contributed by atoms with E-state index < -0.39 is 29.3 Å². The van der Waals surface area contributed by atoms with Gasteiger partial charge in [0.15, 0.2) is 6.61 Å². The maximum atomic E-state index is 12.0. The second-order valence-electron chi connectivity index (χ2n) is 4.98. The van der Waals surface area contributed by atoms with Crippen LogP contribution in [-0.2, 0) is 25.1 Å². The van der Waals surface area contributed by atoms with E-state index in [0.717, 1.165) is 0 Å². The zero-order valence-electron chi connectivity index (χ0n) is 13.4. The fourth-order valence-corrected chi connectivity index (χ4v) is 3.90. The minimum absolute atomic E-state index is 0.0835. The van der Waals surface area contributed by atoms with Crippen LogP contribution >= 0.6 is 24.0 Å². The Morgan fingerprint density at radius 1 is 1.40 bits per heavy atom. The Morgan fingerprint density at radius 3 is 2.76 bits per heavy atom. The number of hydrogen-bond donors (Lipinski definition) is 1. The Bertz CT molecular complexity index is 722. The molecule has 7 nitrogen and oxygen atoms in total. The van der Waals surface area contributed by atoms with Gasteiger partial charge < -0.3 is 10.1 Å². The molecule has 0 aliphatic carbocycles. The Labute approximate surface area is 156 Å². The lowest BCUT2D eigenvalue weighted by Crippen LogP contribution is -2.38. The van der Waals surface area contributed by atoms with Gasteiger partial charge in [-0.1, -0.05) is 36.1 Å². The molecule has 1 aliphatic rings. The van der Waals surface area contributed by atoms with E-state index in [4.69, 9.17) is 17.0 Å². The average Bonchev–Trinajstić information content (AvgIpc) is 2.91. The third-order valence-corrected chi connectivity index (χ3v) is 5.66. The quantitative estimate of drug-likeness (QED) is 0.528. The lowest BCUT2D eigenvalue weighted by Gasteiger charge is -2.15. The van der Waals surface area contributed by atoms with Crippen molar-refractivity contribution in [3.05, 3.63) is 29.8 Å². The summed E-state index contributed by atoms with van der Waals surface area (Å²) in [7, 11) is -1.34. The molecule has 2 amide bonds. The predicted molar refractivity (Wildman–Crippen MR) is 98.8 cm³/mol. The molecule has 134 valence electrons. The molecular formula is C15H16N2O5S3. The van der Waals surface area contributed by atoms with Crippen LogP contribution in [-0.4, -0.2) is 62.9 Å². The minimum Gasteiger partial charge on any atom is -0.452 e. The summed E-state index contributed by atoms with van der Waals surface area (Å²) in [6.45, 7) is 0.0249. The van der Waals surface area contributed by atoms with Crippen molar-refractivity contribution in [1.82, 2.24) is 10.2 Å². The van der Waals surface area contributed by atoms with Gasteiger partial charge in [0.25, 0.3) is 5.91 Å². The minimum atomic E-state index is -1.34. The number of nitrogens with one attached hydrogen (secondary N) is 1. The summed E-state index contributed by atoms with van der Waals surface area (Å²) in [6, 6.07) is 6.36. The first-order valence-electron chi connectivity index (χ1n) is 7.23. The van der Waals surface area contributed by atoms with Gasteiger partial charge in [0, 0.05) is 19.3 Å². The van der Waals surface area contributed by atoms with Gasteiger partial charge in [-0.05, 0) is 12.1 Å². The maximum absolute atomic E-state index is 12.0. The van der Waals surface area contributed by atoms with Crippen molar-refractivity contribution in [2.75, 3.05) is 31.7 Å². The number of ether oxygens (including phenoxy) is 1. The standard InChI is InChI=1S/C15H16N2O5S3/c1-25(21)11-5-3-2-4-10(11)14(20)22-8-12(18)16-6-7-17-13(19)9-24-15(17)23/h2-5H,6-9H2,1H3,(H,16,18)/t25-/m0/s1. The Hall–Kier alpha value is -1.78. The molecule has 1 atom stereocenters. The summed E-state index contributed by atoms with van der Waals surface area (Å²) in [4.78, 5) is 37.1. The van der Waals surface area contributed by atoms with E-state index >= 15 is 0 Å². The number of amides is 2. The highest BCUT2D eigenvalue weighted by molar-refractivity contribution is 8.23. The summed E-state index contributed by atoms with van der Waals surface area (Å²) in [5.74, 6) is -0.968. The molecule has 0 bridgehead atoms. The van der Waals surface area contributed by atoms with Crippen molar-refractivity contribution in [3.8, 4) is 0 Å². The summed E-state index contributed by atoms with van der Waals surface area (Å²) in [6.07, 6.45) is 1.46. The number of hydrogen-bond acceptors (Lipinski definition) is 7. The van der Waals surface area contributed by atoms with Crippen molar-refractivity contribution in [3.63, 3.8) is 0 Å². The van der Waals surface area contributed by atoms with Gasteiger partial charge in [-0.2, -0.15) is 0 Å². The Morgan fingerprint density at radius 2 is 2.12 bits per heavy atom. The normalized spacial score (nSPS) is 15.2. The van der Waals surface area contributed by atoms with E-state index in [9.17, 15) is 18.6 Å². The van der Waals surface area contributed by atoms with Gasteiger partial charge in [0.05, 0.1) is 27.0 Å². The van der Waals surface area contributed by atoms with Crippen molar-refractivity contribution >= 4 is 56.9 Å². The predicted octanol–water partition coefficient (Wildman–Crippen LogP) is 0.557. The first-order chi connectivity index (χ1) is 11.9. The highest BCUT2D eigenvalue weighted by Crippen LogP contribution is 2.18. The van der Waals surface area contributed by atoms with Gasteiger partial charge in [0.1, 0.15) is 4.32 Å². The lowest BCUT2D eigenvalue weighted by atomic mass is 10.2. The van der Waals surface area contributed by atoms with Crippen molar-refractivity contribution in [2.24, 2.45) is 0 Å². The first kappa shape index (κ1) is 19.5. The second-order valence-corrected chi connectivity index (χ2v) is 7.93. The number of rotatable bonds is 7. The molecule has 0 aromatic heterocycles. The molecule has 25 heavy (non-hydrogen) atoms. The summed E-state index contributed by atoms with van der Waals surface area (Å²) >= 11 is 6.32. The van der Waals surface area contributed by atoms with E-state index in [1.807, 2.05) is 0 Å². The van der Waals surface area contributed by atoms with E-state index in [1.165, 1.54) is 29.0 Å². The monoisotopic (exact) mass is 400 g/mol. The number of thiocarbonyl (C=S) groups is 1. The van der Waals surface area contributed by atoms with Crippen LogP contribution in [0.5, 0.6) is 0 Å². The lowest BCUT2D eigenvalue weighted by molar-refractivity contribution is -0.126. The van der Waals surface area contributed by atoms with Gasteiger partial charge in [0.2, 0.25) is 5.91 Å². The van der Waals surface area contributed by atoms with Gasteiger partial charge in [-0.25, -0.2) is 4.79 Å². The molecule has 1 saturated heterocycles. The van der Waals surface area contributed by atoms with Crippen LogP contribution in [0.15, 0.2) is 29.2 Å². The van der Waals surface area contributed by atoms with E-state index in [1.54, 1.807) is 18.2 Å². The highest BCUT2D eigenvalue weighted by Gasteiger charge is 2.26. The molecule has 2 rings (SSSR count). The second kappa shape index (κ2) is 9.07. The molecule has 1 aromatic carbocycles. The number of nitrogens with zero attached hydrogens (tertiary/aromatic N) is 1. The number of esters is 1. The molecule has 1 heterocycles. The van der Waals surface area contributed by atoms with E-state index in [-0.39, 0.29) is 24.6 Å². The molecule has 0 spiro atoms. The summed E-state index contributed by atoms with van der Waals surface area (Å²) in [5, 5.41) is 2.56. The molecule has 1 aromatic rings. The van der Waals surface area contributed by atoms with E-state index in [2.05, 4.69) is 5.32 Å². The molecule has 1 N–H and O–H groups in total. The van der Waals surface area contributed by atoms with E-state index in [0.29, 0.717) is 15.0 Å². The third kappa shape index (κ3) is 5.35. The van der Waals surface area contributed by atoms with Crippen LogP contribution in [0.3, 0.4) is 0 Å². The Kier molecular flexibility index (Phi) is 7.09. The van der Waals surface area contributed by atoms with Crippen LogP contribution in [0.1, 0.15) is 10.4 Å². The summed E-state index contributed by atoms with van der Waals surface area (Å²) < 4.78 is 17.1. The van der Waals surface area contributed by atoms with Crippen LogP contribution in [0, 0.1) is 0 Å². The molecular weight excluding hydrogens is 384 g/mol. The van der Waals surface area contributed by atoms with Crippen molar-refractivity contribution in [1.29, 1.82) is 0 Å². The fourth-order valence-electron chi connectivity index (χ4n) is 2.05. The topological polar surface area (TPSA) is 92.8 Å². The van der Waals surface area contributed by atoms with Crippen LogP contribution < -0.4 is 5.32 Å². The number of carbonyl (C=O) groups is 3. The smallest absolute Gasteiger partial charge is 0.339 e. The fraction of sp³-hybridized carbons (Fsp3) is 0.333. The number of thioether (sulfide) groups is 1. The van der Waals surface area contributed by atoms with Crippen molar-refractivity contribution < 1.29 is 23.3 Å². The molecule has 10 heteroatoms. The van der Waals surface area contributed by atoms with Gasteiger partial charge in [-0.15, -0.1) is 0 Å². The largest absolute Gasteiger partial charge is 0.452 e.